The summed E-state index contributed by atoms with van der Waals surface area (Å²) < 4.78 is 10.5. The Bertz CT molecular complexity index is 202. The highest BCUT2D eigenvalue weighted by molar-refractivity contribution is 7.80. The van der Waals surface area contributed by atoms with Crippen molar-refractivity contribution in [3.8, 4) is 0 Å². The molecule has 1 unspecified atom stereocenters. The van der Waals surface area contributed by atoms with Gasteiger partial charge in [-0.3, -0.25) is 0 Å². The number of nitrogens with zero attached hydrogens (tertiary/aromatic N) is 1. The number of ether oxygens (including phenoxy) is 2. The zero-order chi connectivity index (χ0) is 11.1. The third-order valence-electron chi connectivity index (χ3n) is 2.32. The van der Waals surface area contributed by atoms with E-state index in [4.69, 9.17) is 21.7 Å². The van der Waals surface area contributed by atoms with Gasteiger partial charge in [0.25, 0.3) is 0 Å². The minimum absolute atomic E-state index is 0.259. The van der Waals surface area contributed by atoms with Crippen LogP contribution in [0.5, 0.6) is 0 Å². The summed E-state index contributed by atoms with van der Waals surface area (Å²) in [6.07, 6.45) is 1.30. The molecule has 0 amide bonds. The fraction of sp³-hybridized carbons (Fsp3) is 0.900. The van der Waals surface area contributed by atoms with Crippen LogP contribution in [-0.2, 0) is 9.47 Å². The number of thiocarbonyl (C=S) groups is 1. The molecule has 1 heterocycles. The Balaban J connectivity index is 2.29. The van der Waals surface area contributed by atoms with Crippen LogP contribution in [0.1, 0.15) is 13.3 Å². The van der Waals surface area contributed by atoms with Crippen molar-refractivity contribution >= 4 is 17.3 Å². The highest BCUT2D eigenvalue weighted by Crippen LogP contribution is 2.05. The number of nitrogens with one attached hydrogen (secondary N) is 1. The van der Waals surface area contributed by atoms with Crippen molar-refractivity contribution in [3.63, 3.8) is 0 Å². The molecule has 0 bridgehead atoms. The van der Waals surface area contributed by atoms with E-state index in [1.165, 1.54) is 0 Å². The Morgan fingerprint density at radius 3 is 3.20 bits per heavy atom. The molecule has 15 heavy (non-hydrogen) atoms. The van der Waals surface area contributed by atoms with Crippen LogP contribution in [0.25, 0.3) is 0 Å². The van der Waals surface area contributed by atoms with E-state index in [9.17, 15) is 0 Å². The van der Waals surface area contributed by atoms with Gasteiger partial charge in [-0.25, -0.2) is 0 Å². The maximum Gasteiger partial charge on any atom is 0.169 e. The molecule has 1 saturated heterocycles. The molecule has 1 atom stereocenters. The largest absolute Gasteiger partial charge is 0.383 e. The Hall–Kier alpha value is -0.390. The third kappa shape index (κ3) is 4.77. The van der Waals surface area contributed by atoms with Crippen LogP contribution < -0.4 is 5.32 Å². The van der Waals surface area contributed by atoms with Gasteiger partial charge in [0.2, 0.25) is 0 Å². The third-order valence-corrected chi connectivity index (χ3v) is 2.72. The second-order valence-corrected chi connectivity index (χ2v) is 4.09. The minimum Gasteiger partial charge on any atom is -0.383 e. The first-order valence-corrected chi connectivity index (χ1v) is 5.78. The SMILES string of the molecule is COCCNC(=S)N1CCCOC(C)C1. The molecule has 88 valence electrons. The zero-order valence-electron chi connectivity index (χ0n) is 9.49. The fourth-order valence-electron chi connectivity index (χ4n) is 1.55. The lowest BCUT2D eigenvalue weighted by molar-refractivity contribution is 0.0742. The number of rotatable bonds is 3. The van der Waals surface area contributed by atoms with Gasteiger partial charge in [0.05, 0.1) is 12.7 Å². The smallest absolute Gasteiger partial charge is 0.169 e. The Labute approximate surface area is 96.9 Å². The molecule has 0 aromatic carbocycles. The Morgan fingerprint density at radius 1 is 1.67 bits per heavy atom. The summed E-state index contributed by atoms with van der Waals surface area (Å²) in [7, 11) is 1.69. The Morgan fingerprint density at radius 2 is 2.47 bits per heavy atom. The van der Waals surface area contributed by atoms with E-state index < -0.39 is 0 Å². The molecule has 1 aliphatic heterocycles. The molecule has 5 heteroatoms. The van der Waals surface area contributed by atoms with Crippen LogP contribution in [0.3, 0.4) is 0 Å². The van der Waals surface area contributed by atoms with Gasteiger partial charge >= 0.3 is 0 Å². The monoisotopic (exact) mass is 232 g/mol. The summed E-state index contributed by atoms with van der Waals surface area (Å²) in [6.45, 7) is 6.21. The molecule has 0 saturated carbocycles. The lowest BCUT2D eigenvalue weighted by Crippen LogP contribution is -2.43. The molecule has 1 fully saturated rings. The predicted molar refractivity (Wildman–Crippen MR) is 64.1 cm³/mol. The first-order chi connectivity index (χ1) is 7.24. The molecule has 0 aromatic rings. The summed E-state index contributed by atoms with van der Waals surface area (Å²) >= 11 is 5.30. The molecular weight excluding hydrogens is 212 g/mol. The molecule has 0 aliphatic carbocycles. The topological polar surface area (TPSA) is 33.7 Å². The lowest BCUT2D eigenvalue weighted by Gasteiger charge is -2.25. The molecule has 1 aliphatic rings. The van der Waals surface area contributed by atoms with E-state index in [2.05, 4.69) is 17.1 Å². The lowest BCUT2D eigenvalue weighted by atomic mass is 10.3. The maximum atomic E-state index is 5.56. The second-order valence-electron chi connectivity index (χ2n) is 3.71. The molecule has 4 nitrogen and oxygen atoms in total. The average Bonchev–Trinajstić information content (AvgIpc) is 2.43. The number of hydrogen-bond acceptors (Lipinski definition) is 3. The average molecular weight is 232 g/mol. The van der Waals surface area contributed by atoms with E-state index in [0.29, 0.717) is 6.61 Å². The quantitative estimate of drug-likeness (QED) is 0.570. The highest BCUT2D eigenvalue weighted by atomic mass is 32.1. The second kappa shape index (κ2) is 6.98. The highest BCUT2D eigenvalue weighted by Gasteiger charge is 2.16. The standard InChI is InChI=1S/C10H20N2O2S/c1-9-8-12(5-3-6-14-9)10(15)11-4-7-13-2/h9H,3-8H2,1-2H3,(H,11,15). The van der Waals surface area contributed by atoms with Crippen LogP contribution in [0, 0.1) is 0 Å². The van der Waals surface area contributed by atoms with Crippen molar-refractivity contribution in [1.82, 2.24) is 10.2 Å². The van der Waals surface area contributed by atoms with Crippen molar-refractivity contribution < 1.29 is 9.47 Å². The van der Waals surface area contributed by atoms with Crippen molar-refractivity contribution in [3.05, 3.63) is 0 Å². The minimum atomic E-state index is 0.259. The van der Waals surface area contributed by atoms with Gasteiger partial charge in [-0.1, -0.05) is 0 Å². The summed E-state index contributed by atoms with van der Waals surface area (Å²) in [5, 5.41) is 3.99. The maximum absolute atomic E-state index is 5.56. The van der Waals surface area contributed by atoms with Crippen molar-refractivity contribution in [2.45, 2.75) is 19.4 Å². The first-order valence-electron chi connectivity index (χ1n) is 5.37. The first kappa shape index (κ1) is 12.7. The van der Waals surface area contributed by atoms with Crippen LogP contribution in [0.4, 0.5) is 0 Å². The van der Waals surface area contributed by atoms with Crippen molar-refractivity contribution in [2.24, 2.45) is 0 Å². The predicted octanol–water partition coefficient (Wildman–Crippen LogP) is 0.618. The normalized spacial score (nSPS) is 22.3. The molecule has 1 rings (SSSR count). The van der Waals surface area contributed by atoms with E-state index in [1.807, 2.05) is 0 Å². The molecular formula is C10H20N2O2S. The van der Waals surface area contributed by atoms with Crippen LogP contribution >= 0.6 is 12.2 Å². The summed E-state index contributed by atoms with van der Waals surface area (Å²) in [6, 6.07) is 0. The summed E-state index contributed by atoms with van der Waals surface area (Å²) in [5.74, 6) is 0. The molecule has 0 aromatic heterocycles. The zero-order valence-corrected chi connectivity index (χ0v) is 10.3. The number of methoxy groups -OCH3 is 1. The van der Waals surface area contributed by atoms with Crippen LogP contribution in [0.15, 0.2) is 0 Å². The van der Waals surface area contributed by atoms with Crippen molar-refractivity contribution in [1.29, 1.82) is 0 Å². The fourth-order valence-corrected chi connectivity index (χ4v) is 1.82. The van der Waals surface area contributed by atoms with Gasteiger partial charge in [-0.05, 0) is 25.6 Å². The van der Waals surface area contributed by atoms with Crippen LogP contribution in [-0.4, -0.2) is 56.1 Å². The number of hydrogen-bond donors (Lipinski definition) is 1. The van der Waals surface area contributed by atoms with E-state index in [0.717, 1.165) is 37.8 Å². The van der Waals surface area contributed by atoms with Crippen molar-refractivity contribution in [2.75, 3.05) is 40.0 Å². The van der Waals surface area contributed by atoms with Gasteiger partial charge < -0.3 is 19.7 Å². The van der Waals surface area contributed by atoms with Gasteiger partial charge in [0.15, 0.2) is 5.11 Å². The van der Waals surface area contributed by atoms with E-state index in [1.54, 1.807) is 7.11 Å². The van der Waals surface area contributed by atoms with Gasteiger partial charge in [-0.15, -0.1) is 0 Å². The molecule has 0 radical (unpaired) electrons. The van der Waals surface area contributed by atoms with Crippen LogP contribution in [0.2, 0.25) is 0 Å². The Kier molecular flexibility index (Phi) is 5.90. The molecule has 0 spiro atoms. The summed E-state index contributed by atoms with van der Waals surface area (Å²) in [5.41, 5.74) is 0. The van der Waals surface area contributed by atoms with E-state index >= 15 is 0 Å². The van der Waals surface area contributed by atoms with Gasteiger partial charge in [-0.2, -0.15) is 0 Å². The van der Waals surface area contributed by atoms with Gasteiger partial charge in [0, 0.05) is 33.4 Å². The van der Waals surface area contributed by atoms with E-state index in [-0.39, 0.29) is 6.10 Å². The molecule has 1 N–H and O–H groups in total. The summed E-state index contributed by atoms with van der Waals surface area (Å²) in [4.78, 5) is 2.17. The van der Waals surface area contributed by atoms with Gasteiger partial charge in [0.1, 0.15) is 0 Å².